The minimum Gasteiger partial charge on any atom is -0.346 e. The first-order valence-electron chi connectivity index (χ1n) is 8.90. The zero-order valence-corrected chi connectivity index (χ0v) is 15.3. The van der Waals surface area contributed by atoms with E-state index in [4.69, 9.17) is 4.98 Å². The highest BCUT2D eigenvalue weighted by Crippen LogP contribution is 2.31. The number of rotatable bonds is 3. The number of fused-ring (bicyclic) bond motifs is 1. The van der Waals surface area contributed by atoms with E-state index >= 15 is 0 Å². The number of carbonyl (C=O) groups excluding carboxylic acids is 1. The quantitative estimate of drug-likeness (QED) is 0.840. The molecule has 0 N–H and O–H groups in total. The van der Waals surface area contributed by atoms with E-state index in [9.17, 15) is 4.79 Å². The lowest BCUT2D eigenvalue weighted by atomic mass is 10.1. The second kappa shape index (κ2) is 7.09. The van der Waals surface area contributed by atoms with Crippen LogP contribution in [0.4, 0.5) is 5.13 Å². The van der Waals surface area contributed by atoms with Crippen LogP contribution in [-0.2, 0) is 13.0 Å². The lowest BCUT2D eigenvalue weighted by Crippen LogP contribution is -2.46. The molecule has 0 unspecified atom stereocenters. The molecular weight excluding hydrogens is 334 g/mol. The lowest BCUT2D eigenvalue weighted by Gasteiger charge is -2.33. The first-order chi connectivity index (χ1) is 12.2. The molecule has 2 aromatic heterocycles. The van der Waals surface area contributed by atoms with Gasteiger partial charge in [0.25, 0.3) is 5.91 Å². The second-order valence-electron chi connectivity index (χ2n) is 6.50. The Labute approximate surface area is 152 Å². The number of thiazole rings is 1. The number of hydrogen-bond acceptors (Lipinski definition) is 6. The number of pyridine rings is 1. The van der Waals surface area contributed by atoms with Crippen molar-refractivity contribution in [3.05, 3.63) is 40.7 Å². The first-order valence-corrected chi connectivity index (χ1v) is 9.71. The molecule has 0 aliphatic carbocycles. The van der Waals surface area contributed by atoms with Crippen molar-refractivity contribution in [2.45, 2.75) is 19.9 Å². The summed E-state index contributed by atoms with van der Waals surface area (Å²) in [6.45, 7) is 9.03. The third kappa shape index (κ3) is 3.39. The van der Waals surface area contributed by atoms with E-state index in [1.54, 1.807) is 35.9 Å². The van der Waals surface area contributed by atoms with Gasteiger partial charge in [-0.25, -0.2) is 4.98 Å². The van der Waals surface area contributed by atoms with Crippen LogP contribution in [0.5, 0.6) is 0 Å². The van der Waals surface area contributed by atoms with Crippen LogP contribution in [0.25, 0.3) is 0 Å². The number of likely N-dealkylation sites (N-methyl/N-ethyl adjacent to an activating group) is 1. The molecule has 0 aromatic carbocycles. The van der Waals surface area contributed by atoms with Crippen LogP contribution in [0.3, 0.4) is 0 Å². The maximum absolute atomic E-state index is 12.7. The molecule has 7 heteroatoms. The molecule has 0 radical (unpaired) electrons. The molecule has 132 valence electrons. The molecule has 0 bridgehead atoms. The number of piperazine rings is 1. The maximum atomic E-state index is 12.7. The summed E-state index contributed by atoms with van der Waals surface area (Å²) in [5.74, 6) is 0.0829. The Morgan fingerprint density at radius 2 is 1.92 bits per heavy atom. The second-order valence-corrected chi connectivity index (χ2v) is 7.56. The van der Waals surface area contributed by atoms with Gasteiger partial charge < -0.3 is 14.7 Å². The third-order valence-corrected chi connectivity index (χ3v) is 6.17. The number of anilines is 1. The fraction of sp³-hybridized carbons (Fsp3) is 0.500. The van der Waals surface area contributed by atoms with Crippen LogP contribution in [0.1, 0.15) is 27.9 Å². The molecule has 0 atom stereocenters. The highest BCUT2D eigenvalue weighted by atomic mass is 32.1. The van der Waals surface area contributed by atoms with E-state index in [1.807, 2.05) is 4.90 Å². The number of amides is 1. The smallest absolute Gasteiger partial charge is 0.254 e. The molecule has 1 fully saturated rings. The largest absolute Gasteiger partial charge is 0.346 e. The van der Waals surface area contributed by atoms with Crippen molar-refractivity contribution < 1.29 is 4.79 Å². The van der Waals surface area contributed by atoms with E-state index in [-0.39, 0.29) is 5.91 Å². The highest BCUT2D eigenvalue weighted by molar-refractivity contribution is 7.15. The molecule has 2 aromatic rings. The minimum absolute atomic E-state index is 0.0829. The number of aromatic nitrogens is 2. The molecule has 25 heavy (non-hydrogen) atoms. The monoisotopic (exact) mass is 357 g/mol. The normalized spacial score (nSPS) is 18.3. The van der Waals surface area contributed by atoms with Crippen LogP contribution >= 0.6 is 11.3 Å². The van der Waals surface area contributed by atoms with Gasteiger partial charge in [-0.05, 0) is 18.7 Å². The topological polar surface area (TPSA) is 52.6 Å². The fourth-order valence-electron chi connectivity index (χ4n) is 3.42. The summed E-state index contributed by atoms with van der Waals surface area (Å²) in [5, 5.41) is 1.12. The molecule has 1 amide bonds. The molecule has 4 heterocycles. The van der Waals surface area contributed by atoms with Gasteiger partial charge in [0.15, 0.2) is 5.13 Å². The van der Waals surface area contributed by atoms with Crippen molar-refractivity contribution in [3.8, 4) is 0 Å². The van der Waals surface area contributed by atoms with Crippen LogP contribution in [0, 0.1) is 0 Å². The van der Waals surface area contributed by atoms with Crippen molar-refractivity contribution in [3.63, 3.8) is 0 Å². The van der Waals surface area contributed by atoms with Gasteiger partial charge in [0.1, 0.15) is 0 Å². The van der Waals surface area contributed by atoms with Crippen LogP contribution in [0.15, 0.2) is 24.5 Å². The first kappa shape index (κ1) is 16.5. The minimum atomic E-state index is 0.0829. The zero-order chi connectivity index (χ0) is 17.2. The van der Waals surface area contributed by atoms with Gasteiger partial charge in [-0.1, -0.05) is 18.3 Å². The van der Waals surface area contributed by atoms with Crippen molar-refractivity contribution in [2.75, 3.05) is 44.2 Å². The number of hydrogen-bond donors (Lipinski definition) is 0. The van der Waals surface area contributed by atoms with Crippen molar-refractivity contribution in [1.29, 1.82) is 0 Å². The van der Waals surface area contributed by atoms with Gasteiger partial charge >= 0.3 is 0 Å². The molecule has 0 spiro atoms. The average Bonchev–Trinajstić information content (AvgIpc) is 3.11. The molecule has 1 saturated heterocycles. The third-order valence-electron chi connectivity index (χ3n) is 5.02. The Kier molecular flexibility index (Phi) is 4.67. The van der Waals surface area contributed by atoms with Crippen LogP contribution < -0.4 is 4.90 Å². The summed E-state index contributed by atoms with van der Waals surface area (Å²) in [6, 6.07) is 3.56. The summed E-state index contributed by atoms with van der Waals surface area (Å²) in [5.41, 5.74) is 1.88. The highest BCUT2D eigenvalue weighted by Gasteiger charge is 2.27. The van der Waals surface area contributed by atoms with Gasteiger partial charge in [0.05, 0.1) is 12.2 Å². The SMILES string of the molecule is CCN1CCN(c2nc3c(s2)CN(C(=O)c2ccncc2)CC3)CC1. The maximum Gasteiger partial charge on any atom is 0.254 e. The number of nitrogens with zero attached hydrogens (tertiary/aromatic N) is 5. The van der Waals surface area contributed by atoms with Gasteiger partial charge in [-0.3, -0.25) is 9.78 Å². The van der Waals surface area contributed by atoms with Crippen molar-refractivity contribution >= 4 is 22.4 Å². The lowest BCUT2D eigenvalue weighted by molar-refractivity contribution is 0.0736. The Morgan fingerprint density at radius 1 is 1.16 bits per heavy atom. The Balaban J connectivity index is 1.45. The fourth-order valence-corrected chi connectivity index (χ4v) is 4.60. The van der Waals surface area contributed by atoms with Crippen molar-refractivity contribution in [2.24, 2.45) is 0 Å². The Morgan fingerprint density at radius 3 is 2.64 bits per heavy atom. The predicted octanol–water partition coefficient (Wildman–Crippen LogP) is 1.88. The Bertz CT molecular complexity index is 739. The summed E-state index contributed by atoms with van der Waals surface area (Å²) >= 11 is 1.76. The van der Waals surface area contributed by atoms with E-state index < -0.39 is 0 Å². The van der Waals surface area contributed by atoms with Gasteiger partial charge in [0.2, 0.25) is 0 Å². The summed E-state index contributed by atoms with van der Waals surface area (Å²) in [6.07, 6.45) is 4.18. The molecule has 6 nitrogen and oxygen atoms in total. The molecular formula is C18H23N5OS. The molecule has 4 rings (SSSR count). The molecule has 2 aliphatic rings. The van der Waals surface area contributed by atoms with Gasteiger partial charge in [0, 0.05) is 62.0 Å². The van der Waals surface area contributed by atoms with E-state index in [0.29, 0.717) is 12.1 Å². The number of carbonyl (C=O) groups is 1. The predicted molar refractivity (Wildman–Crippen MR) is 99.1 cm³/mol. The van der Waals surface area contributed by atoms with E-state index in [0.717, 1.165) is 50.8 Å². The molecule has 0 saturated carbocycles. The Hall–Kier alpha value is -1.99. The van der Waals surface area contributed by atoms with E-state index in [1.165, 1.54) is 10.6 Å². The van der Waals surface area contributed by atoms with Crippen LogP contribution in [0.2, 0.25) is 0 Å². The zero-order valence-electron chi connectivity index (χ0n) is 14.5. The molecule has 2 aliphatic heterocycles. The standard InChI is InChI=1S/C18H23N5OS/c1-2-21-9-11-22(12-10-21)18-20-15-5-8-23(13-16(15)25-18)17(24)14-3-6-19-7-4-14/h3-4,6-7H,2,5,8-13H2,1H3. The van der Waals surface area contributed by atoms with Crippen LogP contribution in [-0.4, -0.2) is 64.9 Å². The summed E-state index contributed by atoms with van der Waals surface area (Å²) < 4.78 is 0. The van der Waals surface area contributed by atoms with Gasteiger partial charge in [-0.2, -0.15) is 0 Å². The van der Waals surface area contributed by atoms with E-state index in [2.05, 4.69) is 21.7 Å². The summed E-state index contributed by atoms with van der Waals surface area (Å²) in [7, 11) is 0. The summed E-state index contributed by atoms with van der Waals surface area (Å²) in [4.78, 5) is 29.5. The average molecular weight is 357 g/mol. The van der Waals surface area contributed by atoms with Crippen molar-refractivity contribution in [1.82, 2.24) is 19.8 Å². The van der Waals surface area contributed by atoms with Gasteiger partial charge in [-0.15, -0.1) is 0 Å².